The van der Waals surface area contributed by atoms with Crippen molar-refractivity contribution < 1.29 is 14.9 Å². The van der Waals surface area contributed by atoms with Crippen LogP contribution in [-0.4, -0.2) is 38.1 Å². The number of nitrogens with one attached hydrogen (secondary N) is 1. The van der Waals surface area contributed by atoms with E-state index in [1.165, 1.54) is 10.8 Å². The number of aromatic nitrogens is 2. The number of hydrogen-bond donors (Lipinski definition) is 3. The molecular formula is C14H22N2O5. The third kappa shape index (κ3) is 2.56. The SMILES string of the molecule is CCC(O)C1(CO)OC(n2cc(C)c(=O)[nH]c2=O)CC1C. The highest BCUT2D eigenvalue weighted by molar-refractivity contribution is 5.04. The Hall–Kier alpha value is -1.44. The Morgan fingerprint density at radius 3 is 2.81 bits per heavy atom. The lowest BCUT2D eigenvalue weighted by molar-refractivity contribution is -0.169. The molecule has 0 bridgehead atoms. The highest BCUT2D eigenvalue weighted by Crippen LogP contribution is 2.43. The lowest BCUT2D eigenvalue weighted by atomic mass is 9.83. The second-order valence-corrected chi connectivity index (χ2v) is 5.73. The molecule has 1 aromatic heterocycles. The fourth-order valence-corrected chi connectivity index (χ4v) is 2.94. The zero-order valence-corrected chi connectivity index (χ0v) is 12.5. The first-order valence-corrected chi connectivity index (χ1v) is 7.14. The van der Waals surface area contributed by atoms with E-state index in [-0.39, 0.29) is 12.5 Å². The minimum Gasteiger partial charge on any atom is -0.393 e. The number of aromatic amines is 1. The fraction of sp³-hybridized carbons (Fsp3) is 0.714. The minimum atomic E-state index is -1.08. The van der Waals surface area contributed by atoms with Crippen LogP contribution in [0.2, 0.25) is 0 Å². The van der Waals surface area contributed by atoms with Gasteiger partial charge in [-0.2, -0.15) is 0 Å². The number of H-pyrrole nitrogens is 1. The maximum atomic E-state index is 11.9. The van der Waals surface area contributed by atoms with Crippen molar-refractivity contribution >= 4 is 0 Å². The average Bonchev–Trinajstić information content (AvgIpc) is 2.79. The Labute approximate surface area is 122 Å². The van der Waals surface area contributed by atoms with E-state index in [4.69, 9.17) is 4.74 Å². The molecule has 0 amide bonds. The Morgan fingerprint density at radius 1 is 1.57 bits per heavy atom. The number of hydrogen-bond acceptors (Lipinski definition) is 5. The van der Waals surface area contributed by atoms with Gasteiger partial charge in [0.2, 0.25) is 0 Å². The summed E-state index contributed by atoms with van der Waals surface area (Å²) in [6.07, 6.45) is 0.934. The smallest absolute Gasteiger partial charge is 0.330 e. The van der Waals surface area contributed by atoms with Gasteiger partial charge in [-0.3, -0.25) is 14.3 Å². The van der Waals surface area contributed by atoms with Crippen LogP contribution >= 0.6 is 0 Å². The lowest BCUT2D eigenvalue weighted by Gasteiger charge is -2.35. The molecule has 0 aliphatic carbocycles. The standard InChI is InChI=1S/C14H22N2O5/c1-4-10(18)14(7-17)9(3)5-11(21-14)16-6-8(2)12(19)15-13(16)20/h6,9-11,17-18H,4-5,7H2,1-3H3,(H,15,19,20). The molecule has 7 heteroatoms. The molecule has 2 rings (SSSR count). The summed E-state index contributed by atoms with van der Waals surface area (Å²) in [6, 6.07) is 0. The average molecular weight is 298 g/mol. The molecule has 4 unspecified atom stereocenters. The Morgan fingerprint density at radius 2 is 2.24 bits per heavy atom. The van der Waals surface area contributed by atoms with Gasteiger partial charge in [0.1, 0.15) is 11.8 Å². The van der Waals surface area contributed by atoms with E-state index < -0.39 is 29.2 Å². The van der Waals surface area contributed by atoms with Gasteiger partial charge in [-0.05, 0) is 25.7 Å². The van der Waals surface area contributed by atoms with E-state index in [1.54, 1.807) is 6.92 Å². The third-order valence-corrected chi connectivity index (χ3v) is 4.40. The zero-order valence-electron chi connectivity index (χ0n) is 12.5. The van der Waals surface area contributed by atoms with Crippen LogP contribution in [0.5, 0.6) is 0 Å². The second-order valence-electron chi connectivity index (χ2n) is 5.73. The summed E-state index contributed by atoms with van der Waals surface area (Å²) in [7, 11) is 0. The quantitative estimate of drug-likeness (QED) is 0.720. The molecule has 4 atom stereocenters. The van der Waals surface area contributed by atoms with E-state index in [0.717, 1.165) is 0 Å². The van der Waals surface area contributed by atoms with Gasteiger partial charge in [-0.1, -0.05) is 13.8 Å². The summed E-state index contributed by atoms with van der Waals surface area (Å²) < 4.78 is 7.18. The molecular weight excluding hydrogens is 276 g/mol. The summed E-state index contributed by atoms with van der Waals surface area (Å²) in [6.45, 7) is 4.96. The summed E-state index contributed by atoms with van der Waals surface area (Å²) in [5.74, 6) is -0.124. The monoisotopic (exact) mass is 298 g/mol. The van der Waals surface area contributed by atoms with Gasteiger partial charge in [0.05, 0.1) is 12.7 Å². The van der Waals surface area contributed by atoms with Crippen molar-refractivity contribution in [3.8, 4) is 0 Å². The van der Waals surface area contributed by atoms with Crippen molar-refractivity contribution in [3.05, 3.63) is 32.6 Å². The number of aryl methyl sites for hydroxylation is 1. The Kier molecular flexibility index (Phi) is 4.36. The zero-order chi connectivity index (χ0) is 15.8. The lowest BCUT2D eigenvalue weighted by Crippen LogP contribution is -2.49. The summed E-state index contributed by atoms with van der Waals surface area (Å²) in [5, 5.41) is 19.9. The molecule has 0 saturated carbocycles. The van der Waals surface area contributed by atoms with Crippen LogP contribution in [0.3, 0.4) is 0 Å². The molecule has 7 nitrogen and oxygen atoms in total. The van der Waals surface area contributed by atoms with Gasteiger partial charge in [-0.15, -0.1) is 0 Å². The molecule has 0 radical (unpaired) electrons. The topological polar surface area (TPSA) is 105 Å². The van der Waals surface area contributed by atoms with Gasteiger partial charge >= 0.3 is 5.69 Å². The Balaban J connectivity index is 2.39. The van der Waals surface area contributed by atoms with E-state index >= 15 is 0 Å². The molecule has 1 saturated heterocycles. The van der Waals surface area contributed by atoms with Crippen molar-refractivity contribution in [2.24, 2.45) is 5.92 Å². The molecule has 3 N–H and O–H groups in total. The van der Waals surface area contributed by atoms with Crippen molar-refractivity contribution in [1.82, 2.24) is 9.55 Å². The first kappa shape index (κ1) is 15.9. The molecule has 1 aliphatic rings. The van der Waals surface area contributed by atoms with Crippen LogP contribution < -0.4 is 11.2 Å². The van der Waals surface area contributed by atoms with E-state index in [0.29, 0.717) is 18.4 Å². The van der Waals surface area contributed by atoms with Crippen LogP contribution in [-0.2, 0) is 4.74 Å². The van der Waals surface area contributed by atoms with Crippen LogP contribution in [0.15, 0.2) is 15.8 Å². The van der Waals surface area contributed by atoms with Gasteiger partial charge in [-0.25, -0.2) is 4.79 Å². The molecule has 1 aromatic rings. The fourth-order valence-electron chi connectivity index (χ4n) is 2.94. The van der Waals surface area contributed by atoms with Gasteiger partial charge < -0.3 is 14.9 Å². The highest BCUT2D eigenvalue weighted by Gasteiger charge is 2.51. The number of nitrogens with zero attached hydrogens (tertiary/aromatic N) is 1. The van der Waals surface area contributed by atoms with Gasteiger partial charge in [0.25, 0.3) is 5.56 Å². The van der Waals surface area contributed by atoms with Crippen LogP contribution in [0.25, 0.3) is 0 Å². The molecule has 0 spiro atoms. The van der Waals surface area contributed by atoms with Crippen LogP contribution in [0.1, 0.15) is 38.5 Å². The van der Waals surface area contributed by atoms with Crippen LogP contribution in [0.4, 0.5) is 0 Å². The van der Waals surface area contributed by atoms with Gasteiger partial charge in [0.15, 0.2) is 0 Å². The maximum Gasteiger partial charge on any atom is 0.330 e. The van der Waals surface area contributed by atoms with Crippen molar-refractivity contribution in [2.45, 2.75) is 51.5 Å². The first-order valence-electron chi connectivity index (χ1n) is 7.14. The molecule has 118 valence electrons. The van der Waals surface area contributed by atoms with Gasteiger partial charge in [0, 0.05) is 11.8 Å². The molecule has 21 heavy (non-hydrogen) atoms. The maximum absolute atomic E-state index is 11.9. The Bertz CT molecular complexity index is 623. The molecule has 0 aromatic carbocycles. The summed E-state index contributed by atoms with van der Waals surface area (Å²) >= 11 is 0. The highest BCUT2D eigenvalue weighted by atomic mass is 16.6. The third-order valence-electron chi connectivity index (χ3n) is 4.40. The molecule has 1 aliphatic heterocycles. The van der Waals surface area contributed by atoms with Crippen molar-refractivity contribution in [2.75, 3.05) is 6.61 Å². The molecule has 1 fully saturated rings. The predicted molar refractivity (Wildman–Crippen MR) is 76.1 cm³/mol. The number of aliphatic hydroxyl groups excluding tert-OH is 2. The summed E-state index contributed by atoms with van der Waals surface area (Å²) in [5.41, 5.74) is -1.65. The minimum absolute atomic E-state index is 0.124. The van der Waals surface area contributed by atoms with E-state index in [2.05, 4.69) is 4.98 Å². The first-order chi connectivity index (χ1) is 9.85. The number of ether oxygens (including phenoxy) is 1. The van der Waals surface area contributed by atoms with E-state index in [9.17, 15) is 19.8 Å². The van der Waals surface area contributed by atoms with Crippen molar-refractivity contribution in [1.29, 1.82) is 0 Å². The number of rotatable bonds is 4. The van der Waals surface area contributed by atoms with E-state index in [1.807, 2.05) is 13.8 Å². The normalized spacial score (nSPS) is 30.5. The van der Waals surface area contributed by atoms with Crippen molar-refractivity contribution in [3.63, 3.8) is 0 Å². The second kappa shape index (κ2) is 5.75. The molecule has 2 heterocycles. The summed E-state index contributed by atoms with van der Waals surface area (Å²) in [4.78, 5) is 25.6. The predicted octanol–water partition coefficient (Wildman–Crippen LogP) is -0.0980. The number of aliphatic hydroxyl groups is 2. The largest absolute Gasteiger partial charge is 0.393 e. The van der Waals surface area contributed by atoms with Crippen LogP contribution in [0, 0.1) is 12.8 Å².